The Morgan fingerprint density at radius 2 is 2.10 bits per heavy atom. The zero-order valence-corrected chi connectivity index (χ0v) is 13.8. The minimum atomic E-state index is -0.137. The molecule has 21 heavy (non-hydrogen) atoms. The largest absolute Gasteiger partial charge is 0.337 e. The van der Waals surface area contributed by atoms with E-state index in [0.717, 1.165) is 9.88 Å². The van der Waals surface area contributed by atoms with E-state index in [0.29, 0.717) is 18.3 Å². The van der Waals surface area contributed by atoms with E-state index in [1.807, 2.05) is 25.1 Å². The Bertz CT molecular complexity index is 571. The van der Waals surface area contributed by atoms with Crippen LogP contribution < -0.4 is 10.6 Å². The molecular weight excluding hydrogens is 302 g/mol. The number of hydrogen-bond donors (Lipinski definition) is 2. The predicted molar refractivity (Wildman–Crippen MR) is 88.9 cm³/mol. The number of urea groups is 1. The number of hydrogen-bond acceptors (Lipinski definition) is 4. The highest BCUT2D eigenvalue weighted by Crippen LogP contribution is 2.21. The van der Waals surface area contributed by atoms with Gasteiger partial charge in [-0.05, 0) is 19.1 Å². The summed E-state index contributed by atoms with van der Waals surface area (Å²) in [5.41, 5.74) is 0. The Labute approximate surface area is 133 Å². The Hall–Kier alpha value is -1.53. The molecule has 112 valence electrons. The summed E-state index contributed by atoms with van der Waals surface area (Å²) in [7, 11) is 0. The van der Waals surface area contributed by atoms with Gasteiger partial charge in [0.2, 0.25) is 0 Å². The Morgan fingerprint density at radius 3 is 2.76 bits per heavy atom. The first-order valence-corrected chi connectivity index (χ1v) is 8.48. The summed E-state index contributed by atoms with van der Waals surface area (Å²) in [6.45, 7) is 5.21. The number of carbonyl (C=O) groups is 1. The number of nitrogens with zero attached hydrogens (tertiary/aromatic N) is 1. The van der Waals surface area contributed by atoms with Gasteiger partial charge >= 0.3 is 6.03 Å². The van der Waals surface area contributed by atoms with Crippen molar-refractivity contribution in [2.24, 2.45) is 0 Å². The minimum absolute atomic E-state index is 0.137. The van der Waals surface area contributed by atoms with Gasteiger partial charge < -0.3 is 10.6 Å². The van der Waals surface area contributed by atoms with Crippen molar-refractivity contribution in [2.45, 2.75) is 30.5 Å². The first kappa shape index (κ1) is 15.9. The zero-order chi connectivity index (χ0) is 15.1. The van der Waals surface area contributed by atoms with Crippen LogP contribution in [0.25, 0.3) is 0 Å². The van der Waals surface area contributed by atoms with E-state index >= 15 is 0 Å². The van der Waals surface area contributed by atoms with Gasteiger partial charge in [-0.25, -0.2) is 9.78 Å². The lowest BCUT2D eigenvalue weighted by Gasteiger charge is -2.12. The fourth-order valence-corrected chi connectivity index (χ4v) is 3.41. The summed E-state index contributed by atoms with van der Waals surface area (Å²) < 4.78 is 0. The fourth-order valence-electron chi connectivity index (χ4n) is 1.73. The van der Waals surface area contributed by atoms with Crippen LogP contribution in [0.3, 0.4) is 0 Å². The highest BCUT2D eigenvalue weighted by atomic mass is 32.2. The molecule has 2 aromatic rings. The van der Waals surface area contributed by atoms with Gasteiger partial charge in [0.05, 0.1) is 11.6 Å². The second kappa shape index (κ2) is 8.05. The number of carbonyl (C=O) groups excluding carboxylic acids is 1. The molecule has 0 fully saturated rings. The number of amides is 2. The molecule has 0 bridgehead atoms. The van der Waals surface area contributed by atoms with Crippen molar-refractivity contribution >= 4 is 29.1 Å². The molecule has 0 unspecified atom stereocenters. The molecule has 0 radical (unpaired) electrons. The smallest absolute Gasteiger partial charge is 0.315 e. The molecule has 2 amide bonds. The number of aromatic nitrogens is 1. The first-order valence-electron chi connectivity index (χ1n) is 6.78. The topological polar surface area (TPSA) is 54.0 Å². The summed E-state index contributed by atoms with van der Waals surface area (Å²) in [5.74, 6) is 0. The van der Waals surface area contributed by atoms with Gasteiger partial charge in [-0.15, -0.1) is 23.1 Å². The van der Waals surface area contributed by atoms with Crippen molar-refractivity contribution in [3.8, 4) is 0 Å². The standard InChI is InChI=1S/C15H19N3OS2/c1-11(20-13-6-4-3-5-7-13)8-17-15(19)18-10-14-9-16-12(2)21-14/h3-7,9,11H,8,10H2,1-2H3,(H2,17,18,19)/t11-/m0/s1. The first-order chi connectivity index (χ1) is 10.1. The maximum atomic E-state index is 11.7. The average Bonchev–Trinajstić information content (AvgIpc) is 2.90. The average molecular weight is 321 g/mol. The highest BCUT2D eigenvalue weighted by molar-refractivity contribution is 8.00. The van der Waals surface area contributed by atoms with E-state index in [4.69, 9.17) is 0 Å². The van der Waals surface area contributed by atoms with Crippen LogP contribution in [0, 0.1) is 6.92 Å². The number of thioether (sulfide) groups is 1. The summed E-state index contributed by atoms with van der Waals surface area (Å²) in [5, 5.41) is 7.07. The van der Waals surface area contributed by atoms with Crippen molar-refractivity contribution in [2.75, 3.05) is 6.54 Å². The lowest BCUT2D eigenvalue weighted by atomic mass is 10.4. The lowest BCUT2D eigenvalue weighted by Crippen LogP contribution is -2.37. The molecule has 1 heterocycles. The molecule has 2 N–H and O–H groups in total. The molecular formula is C15H19N3OS2. The summed E-state index contributed by atoms with van der Waals surface area (Å²) in [4.78, 5) is 18.2. The molecule has 0 saturated carbocycles. The van der Waals surface area contributed by atoms with Crippen LogP contribution in [0.15, 0.2) is 41.4 Å². The van der Waals surface area contributed by atoms with Gasteiger partial charge in [0.15, 0.2) is 0 Å². The number of nitrogens with one attached hydrogen (secondary N) is 2. The van der Waals surface area contributed by atoms with Gasteiger partial charge in [-0.3, -0.25) is 0 Å². The molecule has 1 aromatic carbocycles. The fraction of sp³-hybridized carbons (Fsp3) is 0.333. The van der Waals surface area contributed by atoms with Crippen LogP contribution in [0.2, 0.25) is 0 Å². The van der Waals surface area contributed by atoms with Gasteiger partial charge in [0.1, 0.15) is 0 Å². The van der Waals surface area contributed by atoms with Crippen molar-refractivity contribution in [1.82, 2.24) is 15.6 Å². The highest BCUT2D eigenvalue weighted by Gasteiger charge is 2.07. The van der Waals surface area contributed by atoms with E-state index in [1.54, 1.807) is 29.3 Å². The quantitative estimate of drug-likeness (QED) is 0.802. The second-order valence-electron chi connectivity index (χ2n) is 4.65. The van der Waals surface area contributed by atoms with Crippen LogP contribution in [-0.4, -0.2) is 22.8 Å². The molecule has 1 atom stereocenters. The van der Waals surface area contributed by atoms with Crippen LogP contribution >= 0.6 is 23.1 Å². The summed E-state index contributed by atoms with van der Waals surface area (Å²) in [6, 6.07) is 10.1. The van der Waals surface area contributed by atoms with Crippen LogP contribution in [0.5, 0.6) is 0 Å². The summed E-state index contributed by atoms with van der Waals surface area (Å²) in [6.07, 6.45) is 1.80. The van der Waals surface area contributed by atoms with E-state index in [-0.39, 0.29) is 6.03 Å². The molecule has 0 aliphatic carbocycles. The summed E-state index contributed by atoms with van der Waals surface area (Å²) >= 11 is 3.35. The van der Waals surface area contributed by atoms with Crippen LogP contribution in [0.1, 0.15) is 16.8 Å². The predicted octanol–water partition coefficient (Wildman–Crippen LogP) is 3.43. The molecule has 0 aliphatic rings. The second-order valence-corrected chi connectivity index (χ2v) is 7.48. The zero-order valence-electron chi connectivity index (χ0n) is 12.1. The van der Waals surface area contributed by atoms with Crippen molar-refractivity contribution < 1.29 is 4.79 Å². The number of benzene rings is 1. The normalized spacial score (nSPS) is 11.9. The van der Waals surface area contributed by atoms with Gasteiger partial charge in [-0.1, -0.05) is 25.1 Å². The monoisotopic (exact) mass is 321 g/mol. The van der Waals surface area contributed by atoms with E-state index in [1.165, 1.54) is 4.90 Å². The lowest BCUT2D eigenvalue weighted by molar-refractivity contribution is 0.240. The maximum absolute atomic E-state index is 11.7. The SMILES string of the molecule is Cc1ncc(CNC(=O)NC[C@H](C)Sc2ccccc2)s1. The minimum Gasteiger partial charge on any atom is -0.337 e. The number of aryl methyl sites for hydroxylation is 1. The molecule has 2 rings (SSSR count). The maximum Gasteiger partial charge on any atom is 0.315 e. The van der Waals surface area contributed by atoms with E-state index in [2.05, 4.69) is 34.7 Å². The third-order valence-electron chi connectivity index (χ3n) is 2.72. The van der Waals surface area contributed by atoms with Crippen molar-refractivity contribution in [1.29, 1.82) is 0 Å². The molecule has 0 aliphatic heterocycles. The Morgan fingerprint density at radius 1 is 1.33 bits per heavy atom. The number of thiazole rings is 1. The van der Waals surface area contributed by atoms with Crippen LogP contribution in [-0.2, 0) is 6.54 Å². The van der Waals surface area contributed by atoms with Gasteiger partial charge in [-0.2, -0.15) is 0 Å². The third kappa shape index (κ3) is 5.77. The molecule has 0 saturated heterocycles. The van der Waals surface area contributed by atoms with Gasteiger partial charge in [0.25, 0.3) is 0 Å². The molecule has 0 spiro atoms. The Balaban J connectivity index is 1.66. The molecule has 4 nitrogen and oxygen atoms in total. The molecule has 6 heteroatoms. The molecule has 1 aromatic heterocycles. The third-order valence-corrected chi connectivity index (χ3v) is 4.75. The van der Waals surface area contributed by atoms with E-state index in [9.17, 15) is 4.79 Å². The van der Waals surface area contributed by atoms with Gasteiger partial charge in [0, 0.05) is 27.8 Å². The van der Waals surface area contributed by atoms with Crippen molar-refractivity contribution in [3.63, 3.8) is 0 Å². The number of rotatable bonds is 6. The van der Waals surface area contributed by atoms with E-state index < -0.39 is 0 Å². The Kier molecular flexibility index (Phi) is 6.07. The van der Waals surface area contributed by atoms with Crippen molar-refractivity contribution in [3.05, 3.63) is 46.4 Å². The van der Waals surface area contributed by atoms with Crippen LogP contribution in [0.4, 0.5) is 4.79 Å².